The molecule has 0 saturated carbocycles. The van der Waals surface area contributed by atoms with Gasteiger partial charge in [-0.15, -0.1) is 0 Å². The molecule has 0 fully saturated rings. The Bertz CT molecular complexity index is 1540. The number of benzene rings is 4. The Morgan fingerprint density at radius 3 is 2.34 bits per heavy atom. The van der Waals surface area contributed by atoms with E-state index in [1.54, 1.807) is 7.11 Å². The third-order valence-corrected chi connectivity index (χ3v) is 6.90. The average molecular weight is 505 g/mol. The van der Waals surface area contributed by atoms with Crippen molar-refractivity contribution in [3.63, 3.8) is 0 Å². The number of carbonyl (C=O) groups excluding carboxylic acids is 1. The van der Waals surface area contributed by atoms with Crippen molar-refractivity contribution in [2.24, 2.45) is 5.73 Å². The first-order valence-corrected chi connectivity index (χ1v) is 12.8. The van der Waals surface area contributed by atoms with Crippen molar-refractivity contribution in [1.82, 2.24) is 4.57 Å². The Labute approximate surface area is 223 Å². The van der Waals surface area contributed by atoms with Crippen LogP contribution in [0.4, 0.5) is 0 Å². The monoisotopic (exact) mass is 504 g/mol. The summed E-state index contributed by atoms with van der Waals surface area (Å²) in [6.07, 6.45) is 2.34. The Balaban J connectivity index is 1.51. The maximum atomic E-state index is 12.3. The summed E-state index contributed by atoms with van der Waals surface area (Å²) in [5.74, 6) is 0.693. The van der Waals surface area contributed by atoms with Crippen LogP contribution in [-0.2, 0) is 17.9 Å². The summed E-state index contributed by atoms with van der Waals surface area (Å²) in [6, 6.07) is 32.8. The highest BCUT2D eigenvalue weighted by atomic mass is 16.5. The van der Waals surface area contributed by atoms with Crippen LogP contribution in [-0.4, -0.2) is 17.6 Å². The molecule has 0 aliphatic rings. The Morgan fingerprint density at radius 1 is 0.868 bits per heavy atom. The van der Waals surface area contributed by atoms with Gasteiger partial charge in [-0.25, -0.2) is 0 Å². The van der Waals surface area contributed by atoms with Gasteiger partial charge in [-0.2, -0.15) is 0 Å². The van der Waals surface area contributed by atoms with Crippen LogP contribution < -0.4 is 15.2 Å². The number of aromatic nitrogens is 1. The van der Waals surface area contributed by atoms with Crippen LogP contribution in [0.15, 0.2) is 103 Å². The number of aryl methyl sites for hydroxylation is 1. The molecule has 5 aromatic rings. The standard InChI is InChI=1S/C33H32N2O3/c1-23-12-14-24(15-13-23)20-35-21-29(27-10-6-7-11-30(27)35)28(19-33(34)36)26-16-17-31(32(18-26)37-2)38-22-25-8-4-3-5-9-25/h3-18,21,28H,19-20,22H2,1-2H3,(H2,34,36). The summed E-state index contributed by atoms with van der Waals surface area (Å²) in [5, 5.41) is 1.11. The van der Waals surface area contributed by atoms with Crippen LogP contribution in [0, 0.1) is 6.92 Å². The number of para-hydroxylation sites is 1. The molecule has 0 saturated heterocycles. The summed E-state index contributed by atoms with van der Waals surface area (Å²) in [7, 11) is 1.63. The Kier molecular flexibility index (Phi) is 7.45. The molecule has 0 radical (unpaired) electrons. The molecule has 4 aromatic carbocycles. The second kappa shape index (κ2) is 11.3. The molecule has 1 amide bonds. The number of nitrogens with two attached hydrogens (primary N) is 1. The highest BCUT2D eigenvalue weighted by molar-refractivity contribution is 5.86. The summed E-state index contributed by atoms with van der Waals surface area (Å²) >= 11 is 0. The van der Waals surface area contributed by atoms with E-state index in [1.807, 2.05) is 60.7 Å². The van der Waals surface area contributed by atoms with Gasteiger partial charge in [0.25, 0.3) is 0 Å². The molecule has 38 heavy (non-hydrogen) atoms. The first kappa shape index (κ1) is 25.2. The molecule has 1 atom stereocenters. The van der Waals surface area contributed by atoms with Gasteiger partial charge in [0.15, 0.2) is 11.5 Å². The zero-order valence-corrected chi connectivity index (χ0v) is 21.8. The van der Waals surface area contributed by atoms with Crippen LogP contribution in [0.25, 0.3) is 10.9 Å². The van der Waals surface area contributed by atoms with Gasteiger partial charge >= 0.3 is 0 Å². The lowest BCUT2D eigenvalue weighted by atomic mass is 9.88. The van der Waals surface area contributed by atoms with E-state index in [9.17, 15) is 4.79 Å². The van der Waals surface area contributed by atoms with Crippen molar-refractivity contribution in [3.05, 3.63) is 131 Å². The smallest absolute Gasteiger partial charge is 0.218 e. The zero-order valence-electron chi connectivity index (χ0n) is 21.8. The third kappa shape index (κ3) is 5.57. The summed E-state index contributed by atoms with van der Waals surface area (Å²) in [5.41, 5.74) is 12.4. The van der Waals surface area contributed by atoms with Crippen LogP contribution in [0.5, 0.6) is 11.5 Å². The number of methoxy groups -OCH3 is 1. The fraction of sp³-hybridized carbons (Fsp3) is 0.182. The molecule has 5 heteroatoms. The number of amides is 1. The topological polar surface area (TPSA) is 66.5 Å². The van der Waals surface area contributed by atoms with E-state index in [-0.39, 0.29) is 18.2 Å². The van der Waals surface area contributed by atoms with E-state index in [1.165, 1.54) is 11.1 Å². The minimum absolute atomic E-state index is 0.186. The molecule has 5 nitrogen and oxygen atoms in total. The van der Waals surface area contributed by atoms with E-state index >= 15 is 0 Å². The summed E-state index contributed by atoms with van der Waals surface area (Å²) in [6.45, 7) is 3.26. The first-order valence-electron chi connectivity index (χ1n) is 12.8. The number of primary amides is 1. The number of nitrogens with zero attached hydrogens (tertiary/aromatic N) is 1. The lowest BCUT2D eigenvalue weighted by Crippen LogP contribution is -2.16. The molecule has 0 spiro atoms. The number of hydrogen-bond donors (Lipinski definition) is 1. The van der Waals surface area contributed by atoms with Crippen LogP contribution >= 0.6 is 0 Å². The largest absolute Gasteiger partial charge is 0.493 e. The molecule has 5 rings (SSSR count). The van der Waals surface area contributed by atoms with E-state index < -0.39 is 0 Å². The molecule has 192 valence electrons. The number of ether oxygens (including phenoxy) is 2. The molecular weight excluding hydrogens is 472 g/mol. The molecule has 0 aliphatic heterocycles. The quantitative estimate of drug-likeness (QED) is 0.233. The van der Waals surface area contributed by atoms with E-state index in [0.29, 0.717) is 18.1 Å². The lowest BCUT2D eigenvalue weighted by Gasteiger charge is -2.18. The van der Waals surface area contributed by atoms with E-state index in [2.05, 4.69) is 54.1 Å². The molecule has 1 aromatic heterocycles. The fourth-order valence-electron chi connectivity index (χ4n) is 4.94. The van der Waals surface area contributed by atoms with E-state index in [4.69, 9.17) is 15.2 Å². The molecular formula is C33H32N2O3. The normalized spacial score (nSPS) is 11.8. The van der Waals surface area contributed by atoms with Crippen LogP contribution in [0.2, 0.25) is 0 Å². The van der Waals surface area contributed by atoms with Gasteiger partial charge in [-0.05, 0) is 47.4 Å². The number of rotatable bonds is 10. The summed E-state index contributed by atoms with van der Waals surface area (Å²) in [4.78, 5) is 12.3. The van der Waals surface area contributed by atoms with Crippen LogP contribution in [0.3, 0.4) is 0 Å². The van der Waals surface area contributed by atoms with Crippen molar-refractivity contribution in [2.75, 3.05) is 7.11 Å². The molecule has 1 heterocycles. The number of fused-ring (bicyclic) bond motifs is 1. The highest BCUT2D eigenvalue weighted by Crippen LogP contribution is 2.39. The van der Waals surface area contributed by atoms with Crippen molar-refractivity contribution < 1.29 is 14.3 Å². The minimum Gasteiger partial charge on any atom is -0.493 e. The number of hydrogen-bond acceptors (Lipinski definition) is 3. The second-order valence-corrected chi connectivity index (χ2v) is 9.62. The molecule has 2 N–H and O–H groups in total. The zero-order chi connectivity index (χ0) is 26.5. The third-order valence-electron chi connectivity index (χ3n) is 6.90. The Morgan fingerprint density at radius 2 is 1.61 bits per heavy atom. The SMILES string of the molecule is COc1cc(C(CC(N)=O)c2cn(Cc3ccc(C)cc3)c3ccccc23)ccc1OCc1ccccc1. The van der Waals surface area contributed by atoms with Gasteiger partial charge in [-0.1, -0.05) is 84.4 Å². The minimum atomic E-state index is -0.353. The van der Waals surface area contributed by atoms with Gasteiger partial charge in [0.2, 0.25) is 5.91 Å². The van der Waals surface area contributed by atoms with Gasteiger partial charge in [-0.3, -0.25) is 4.79 Å². The average Bonchev–Trinajstić information content (AvgIpc) is 3.30. The van der Waals surface area contributed by atoms with E-state index in [0.717, 1.165) is 34.1 Å². The van der Waals surface area contributed by atoms with Crippen molar-refractivity contribution in [2.45, 2.75) is 32.4 Å². The van der Waals surface area contributed by atoms with Crippen molar-refractivity contribution in [1.29, 1.82) is 0 Å². The molecule has 0 bridgehead atoms. The van der Waals surface area contributed by atoms with Gasteiger partial charge in [0.05, 0.1) is 7.11 Å². The fourth-order valence-corrected chi connectivity index (χ4v) is 4.94. The maximum absolute atomic E-state index is 12.3. The second-order valence-electron chi connectivity index (χ2n) is 9.62. The highest BCUT2D eigenvalue weighted by Gasteiger charge is 2.23. The van der Waals surface area contributed by atoms with Gasteiger partial charge < -0.3 is 19.8 Å². The van der Waals surface area contributed by atoms with Gasteiger partial charge in [0, 0.05) is 36.0 Å². The number of carbonyl (C=O) groups is 1. The predicted octanol–water partition coefficient (Wildman–Crippen LogP) is 6.59. The predicted molar refractivity (Wildman–Crippen MR) is 152 cm³/mol. The summed E-state index contributed by atoms with van der Waals surface area (Å²) < 4.78 is 14.0. The van der Waals surface area contributed by atoms with Crippen molar-refractivity contribution in [3.8, 4) is 11.5 Å². The van der Waals surface area contributed by atoms with Crippen molar-refractivity contribution >= 4 is 16.8 Å². The molecule has 1 unspecified atom stereocenters. The lowest BCUT2D eigenvalue weighted by molar-refractivity contribution is -0.118. The maximum Gasteiger partial charge on any atom is 0.218 e. The first-order chi connectivity index (χ1) is 18.5. The molecule has 0 aliphatic carbocycles. The van der Waals surface area contributed by atoms with Crippen LogP contribution in [0.1, 0.15) is 40.2 Å². The van der Waals surface area contributed by atoms with Gasteiger partial charge in [0.1, 0.15) is 6.61 Å². The Hall–Kier alpha value is -4.51.